The number of ether oxygens (including phenoxy) is 2. The molecule has 3 nitrogen and oxygen atoms in total. The van der Waals surface area contributed by atoms with E-state index in [2.05, 4.69) is 0 Å². The van der Waals surface area contributed by atoms with E-state index < -0.39 is 0 Å². The third-order valence-corrected chi connectivity index (χ3v) is 2.62. The lowest BCUT2D eigenvalue weighted by Crippen LogP contribution is -1.97. The van der Waals surface area contributed by atoms with Crippen molar-refractivity contribution in [3.05, 3.63) is 47.8 Å². The summed E-state index contributed by atoms with van der Waals surface area (Å²) >= 11 is 0. The second-order valence-electron chi connectivity index (χ2n) is 3.86. The van der Waals surface area contributed by atoms with Crippen LogP contribution in [0, 0.1) is 12.7 Å². The largest absolute Gasteiger partial charge is 0.494 e. The molecule has 18 heavy (non-hydrogen) atoms. The van der Waals surface area contributed by atoms with Gasteiger partial charge in [-0.25, -0.2) is 4.39 Å². The molecule has 94 valence electrons. The number of para-hydroxylation sites is 1. The van der Waals surface area contributed by atoms with Crippen LogP contribution in [0.1, 0.15) is 5.56 Å². The molecule has 0 fully saturated rings. The fourth-order valence-electron chi connectivity index (χ4n) is 1.61. The molecule has 4 heteroatoms. The van der Waals surface area contributed by atoms with Crippen molar-refractivity contribution in [1.29, 1.82) is 0 Å². The average molecular weight is 247 g/mol. The molecular weight excluding hydrogens is 233 g/mol. The Bertz CT molecular complexity index is 570. The number of nitrogen functional groups attached to an aromatic ring is 1. The summed E-state index contributed by atoms with van der Waals surface area (Å²) in [6.07, 6.45) is 0. The molecule has 0 aliphatic carbocycles. The van der Waals surface area contributed by atoms with Crippen molar-refractivity contribution >= 4 is 5.69 Å². The minimum Gasteiger partial charge on any atom is -0.494 e. The van der Waals surface area contributed by atoms with Gasteiger partial charge in [-0.05, 0) is 30.7 Å². The average Bonchev–Trinajstić information content (AvgIpc) is 2.37. The first kappa shape index (κ1) is 12.2. The number of aryl methyl sites for hydroxylation is 1. The number of benzene rings is 2. The van der Waals surface area contributed by atoms with Gasteiger partial charge in [0.15, 0.2) is 17.3 Å². The summed E-state index contributed by atoms with van der Waals surface area (Å²) in [5, 5.41) is 0. The Hall–Kier alpha value is -2.23. The lowest BCUT2D eigenvalue weighted by molar-refractivity contribution is 0.408. The van der Waals surface area contributed by atoms with Gasteiger partial charge in [-0.15, -0.1) is 0 Å². The molecule has 0 spiro atoms. The maximum absolute atomic E-state index is 13.8. The number of hydrogen-bond acceptors (Lipinski definition) is 3. The Morgan fingerprint density at radius 2 is 1.61 bits per heavy atom. The third kappa shape index (κ3) is 2.22. The molecule has 2 aromatic carbocycles. The van der Waals surface area contributed by atoms with Crippen molar-refractivity contribution in [3.8, 4) is 17.2 Å². The van der Waals surface area contributed by atoms with Gasteiger partial charge in [0.25, 0.3) is 0 Å². The lowest BCUT2D eigenvalue weighted by Gasteiger charge is -2.12. The molecule has 0 atom stereocenters. The quantitative estimate of drug-likeness (QED) is 0.844. The Morgan fingerprint density at radius 1 is 1.00 bits per heavy atom. The van der Waals surface area contributed by atoms with Crippen molar-refractivity contribution in [2.24, 2.45) is 0 Å². The predicted octanol–water partition coefficient (Wildman–Crippen LogP) is 3.52. The zero-order chi connectivity index (χ0) is 13.1. The number of halogens is 1. The van der Waals surface area contributed by atoms with E-state index in [0.29, 0.717) is 22.7 Å². The van der Waals surface area contributed by atoms with Crippen molar-refractivity contribution in [3.63, 3.8) is 0 Å². The SMILES string of the molecule is COc1cccc(Oc2cccc(C)c2F)c1N. The second kappa shape index (κ2) is 4.96. The normalized spacial score (nSPS) is 10.2. The second-order valence-corrected chi connectivity index (χ2v) is 3.86. The number of anilines is 1. The van der Waals surface area contributed by atoms with Gasteiger partial charge < -0.3 is 15.2 Å². The minimum absolute atomic E-state index is 0.148. The van der Waals surface area contributed by atoms with E-state index in [-0.39, 0.29) is 11.6 Å². The summed E-state index contributed by atoms with van der Waals surface area (Å²) in [6, 6.07) is 10.1. The highest BCUT2D eigenvalue weighted by Crippen LogP contribution is 2.35. The van der Waals surface area contributed by atoms with E-state index in [0.717, 1.165) is 0 Å². The molecule has 0 saturated carbocycles. The molecule has 0 bridgehead atoms. The van der Waals surface area contributed by atoms with Crippen molar-refractivity contribution in [2.45, 2.75) is 6.92 Å². The van der Waals surface area contributed by atoms with Gasteiger partial charge in [-0.3, -0.25) is 0 Å². The molecule has 0 aliphatic rings. The fraction of sp³-hybridized carbons (Fsp3) is 0.143. The number of nitrogens with two attached hydrogens (primary N) is 1. The van der Waals surface area contributed by atoms with Crippen LogP contribution in [0.3, 0.4) is 0 Å². The van der Waals surface area contributed by atoms with Crippen LogP contribution in [0.2, 0.25) is 0 Å². The summed E-state index contributed by atoms with van der Waals surface area (Å²) in [7, 11) is 1.52. The van der Waals surface area contributed by atoms with Gasteiger partial charge >= 0.3 is 0 Å². The van der Waals surface area contributed by atoms with Crippen LogP contribution in [-0.2, 0) is 0 Å². The summed E-state index contributed by atoms with van der Waals surface area (Å²) in [5.41, 5.74) is 6.73. The maximum atomic E-state index is 13.8. The molecule has 2 aromatic rings. The van der Waals surface area contributed by atoms with Gasteiger partial charge in [-0.2, -0.15) is 0 Å². The summed E-state index contributed by atoms with van der Waals surface area (Å²) in [6.45, 7) is 1.68. The van der Waals surface area contributed by atoms with Crippen molar-refractivity contribution in [2.75, 3.05) is 12.8 Å². The number of rotatable bonds is 3. The Balaban J connectivity index is 2.37. The summed E-state index contributed by atoms with van der Waals surface area (Å²) in [4.78, 5) is 0. The summed E-state index contributed by atoms with van der Waals surface area (Å²) in [5.74, 6) is 0.633. The van der Waals surface area contributed by atoms with Crippen LogP contribution >= 0.6 is 0 Å². The molecule has 0 unspecified atom stereocenters. The van der Waals surface area contributed by atoms with E-state index in [1.165, 1.54) is 7.11 Å². The Morgan fingerprint density at radius 3 is 2.33 bits per heavy atom. The van der Waals surface area contributed by atoms with Crippen LogP contribution in [0.25, 0.3) is 0 Å². The van der Waals surface area contributed by atoms with Gasteiger partial charge in [-0.1, -0.05) is 18.2 Å². The standard InChI is InChI=1S/C14H14FNO2/c1-9-5-3-6-10(13(9)15)18-12-8-4-7-11(17-2)14(12)16/h3-8H,16H2,1-2H3. The van der Waals surface area contributed by atoms with Gasteiger partial charge in [0.05, 0.1) is 7.11 Å². The first-order valence-electron chi connectivity index (χ1n) is 5.49. The number of hydrogen-bond donors (Lipinski definition) is 1. The molecule has 2 N–H and O–H groups in total. The van der Waals surface area contributed by atoms with Crippen molar-refractivity contribution in [1.82, 2.24) is 0 Å². The lowest BCUT2D eigenvalue weighted by atomic mass is 10.2. The van der Waals surface area contributed by atoms with E-state index in [1.54, 1.807) is 43.3 Å². The molecule has 2 rings (SSSR count). The highest BCUT2D eigenvalue weighted by atomic mass is 19.1. The highest BCUT2D eigenvalue weighted by Gasteiger charge is 2.11. The van der Waals surface area contributed by atoms with Gasteiger partial charge in [0, 0.05) is 0 Å². The van der Waals surface area contributed by atoms with Crippen LogP contribution in [0.5, 0.6) is 17.2 Å². The monoisotopic (exact) mass is 247 g/mol. The first-order valence-corrected chi connectivity index (χ1v) is 5.49. The predicted molar refractivity (Wildman–Crippen MR) is 68.6 cm³/mol. The van der Waals surface area contributed by atoms with Crippen LogP contribution < -0.4 is 15.2 Å². The molecule has 0 aromatic heterocycles. The van der Waals surface area contributed by atoms with E-state index in [1.807, 2.05) is 0 Å². The van der Waals surface area contributed by atoms with Crippen LogP contribution in [-0.4, -0.2) is 7.11 Å². The molecule has 0 amide bonds. The summed E-state index contributed by atoms with van der Waals surface area (Å²) < 4.78 is 24.4. The fourth-order valence-corrected chi connectivity index (χ4v) is 1.61. The smallest absolute Gasteiger partial charge is 0.168 e. The zero-order valence-corrected chi connectivity index (χ0v) is 10.2. The Labute approximate surface area is 105 Å². The van der Waals surface area contributed by atoms with Crippen LogP contribution in [0.15, 0.2) is 36.4 Å². The zero-order valence-electron chi connectivity index (χ0n) is 10.2. The molecule has 0 heterocycles. The molecule has 0 aliphatic heterocycles. The maximum Gasteiger partial charge on any atom is 0.168 e. The number of methoxy groups -OCH3 is 1. The van der Waals surface area contributed by atoms with Crippen LogP contribution in [0.4, 0.5) is 10.1 Å². The van der Waals surface area contributed by atoms with E-state index >= 15 is 0 Å². The third-order valence-electron chi connectivity index (χ3n) is 2.62. The Kier molecular flexibility index (Phi) is 3.37. The first-order chi connectivity index (χ1) is 8.63. The van der Waals surface area contributed by atoms with Crippen molar-refractivity contribution < 1.29 is 13.9 Å². The molecule has 0 radical (unpaired) electrons. The van der Waals surface area contributed by atoms with Gasteiger partial charge in [0.1, 0.15) is 11.4 Å². The van der Waals surface area contributed by atoms with Gasteiger partial charge in [0.2, 0.25) is 0 Å². The minimum atomic E-state index is -0.389. The topological polar surface area (TPSA) is 44.5 Å². The molecule has 0 saturated heterocycles. The van der Waals surface area contributed by atoms with E-state index in [9.17, 15) is 4.39 Å². The highest BCUT2D eigenvalue weighted by molar-refractivity contribution is 5.63. The van der Waals surface area contributed by atoms with E-state index in [4.69, 9.17) is 15.2 Å². The molecular formula is C14H14FNO2.